The molecule has 3 nitrogen and oxygen atoms in total. The van der Waals surface area contributed by atoms with E-state index in [-0.39, 0.29) is 12.6 Å². The van der Waals surface area contributed by atoms with Gasteiger partial charge in [-0.05, 0) is 19.9 Å². The molecule has 0 aliphatic rings. The van der Waals surface area contributed by atoms with Crippen LogP contribution in [-0.2, 0) is 6.54 Å². The second-order valence-electron chi connectivity index (χ2n) is 4.29. The summed E-state index contributed by atoms with van der Waals surface area (Å²) in [6.07, 6.45) is -3.49. The second kappa shape index (κ2) is 6.49. The van der Waals surface area contributed by atoms with E-state index < -0.39 is 12.7 Å². The summed E-state index contributed by atoms with van der Waals surface area (Å²) in [5, 5.41) is 2.53. The number of hydrogen-bond acceptors (Lipinski definition) is 4. The Morgan fingerprint density at radius 3 is 2.61 bits per heavy atom. The van der Waals surface area contributed by atoms with Crippen LogP contribution in [0, 0.1) is 0 Å². The number of halogens is 3. The Labute approximate surface area is 109 Å². The molecule has 0 aliphatic carbocycles. The molecular formula is C11H18F3N3S. The zero-order valence-corrected chi connectivity index (χ0v) is 11.3. The molecule has 0 aliphatic heterocycles. The molecule has 0 amide bonds. The van der Waals surface area contributed by atoms with Gasteiger partial charge < -0.3 is 5.73 Å². The summed E-state index contributed by atoms with van der Waals surface area (Å²) >= 11 is 1.39. The van der Waals surface area contributed by atoms with E-state index in [4.69, 9.17) is 5.73 Å². The van der Waals surface area contributed by atoms with Crippen molar-refractivity contribution in [3.63, 3.8) is 0 Å². The summed E-state index contributed by atoms with van der Waals surface area (Å²) < 4.78 is 37.2. The van der Waals surface area contributed by atoms with Crippen molar-refractivity contribution in [2.24, 2.45) is 5.73 Å². The average Bonchev–Trinajstić information content (AvgIpc) is 2.64. The van der Waals surface area contributed by atoms with Crippen LogP contribution in [-0.4, -0.2) is 29.1 Å². The van der Waals surface area contributed by atoms with Gasteiger partial charge in [0.15, 0.2) is 0 Å². The molecule has 0 bridgehead atoms. The van der Waals surface area contributed by atoms with E-state index in [0.29, 0.717) is 18.7 Å². The maximum Gasteiger partial charge on any atom is 0.401 e. The minimum atomic E-state index is -4.17. The molecular weight excluding hydrogens is 263 g/mol. The smallest absolute Gasteiger partial charge is 0.322 e. The predicted molar refractivity (Wildman–Crippen MR) is 66.3 cm³/mol. The zero-order chi connectivity index (χ0) is 13.8. The first-order valence-corrected chi connectivity index (χ1v) is 6.68. The Bertz CT molecular complexity index is 363. The van der Waals surface area contributed by atoms with Crippen LogP contribution in [0.5, 0.6) is 0 Å². The van der Waals surface area contributed by atoms with Crippen molar-refractivity contribution < 1.29 is 13.2 Å². The van der Waals surface area contributed by atoms with Gasteiger partial charge in [0.2, 0.25) is 0 Å². The van der Waals surface area contributed by atoms with Gasteiger partial charge in [0.25, 0.3) is 0 Å². The Balaban J connectivity index is 2.64. The van der Waals surface area contributed by atoms with Crippen LogP contribution in [0.2, 0.25) is 0 Å². The fourth-order valence-electron chi connectivity index (χ4n) is 1.62. The van der Waals surface area contributed by atoms with Crippen molar-refractivity contribution >= 4 is 11.3 Å². The normalized spacial score (nSPS) is 14.2. The molecule has 0 fully saturated rings. The van der Waals surface area contributed by atoms with Gasteiger partial charge in [-0.3, -0.25) is 4.90 Å². The van der Waals surface area contributed by atoms with E-state index in [1.54, 1.807) is 5.38 Å². The molecule has 0 radical (unpaired) electrons. The molecule has 1 atom stereocenters. The lowest BCUT2D eigenvalue weighted by Crippen LogP contribution is -2.34. The summed E-state index contributed by atoms with van der Waals surface area (Å²) in [7, 11) is 0. The fourth-order valence-corrected chi connectivity index (χ4v) is 2.39. The lowest BCUT2D eigenvalue weighted by atomic mass is 10.3. The Kier molecular flexibility index (Phi) is 5.55. The zero-order valence-electron chi connectivity index (χ0n) is 10.5. The third-order valence-electron chi connectivity index (χ3n) is 2.29. The van der Waals surface area contributed by atoms with E-state index in [1.165, 1.54) is 16.2 Å². The number of hydrogen-bond donors (Lipinski definition) is 1. The Morgan fingerprint density at radius 1 is 1.50 bits per heavy atom. The van der Waals surface area contributed by atoms with Crippen LogP contribution in [0.1, 0.15) is 37.0 Å². The molecule has 104 valence electrons. The molecule has 18 heavy (non-hydrogen) atoms. The first kappa shape index (κ1) is 15.4. The molecule has 1 aromatic heterocycles. The van der Waals surface area contributed by atoms with E-state index in [1.807, 2.05) is 13.8 Å². The molecule has 1 heterocycles. The van der Waals surface area contributed by atoms with Crippen molar-refractivity contribution in [1.29, 1.82) is 0 Å². The van der Waals surface area contributed by atoms with Gasteiger partial charge in [-0.2, -0.15) is 13.2 Å². The Morgan fingerprint density at radius 2 is 2.17 bits per heavy atom. The highest BCUT2D eigenvalue weighted by Gasteiger charge is 2.30. The van der Waals surface area contributed by atoms with Gasteiger partial charge >= 0.3 is 6.18 Å². The number of thiazole rings is 1. The van der Waals surface area contributed by atoms with Crippen LogP contribution in [0.3, 0.4) is 0 Å². The van der Waals surface area contributed by atoms with Gasteiger partial charge in [-0.1, -0.05) is 6.92 Å². The fraction of sp³-hybridized carbons (Fsp3) is 0.727. The average molecular weight is 281 g/mol. The number of rotatable bonds is 6. The van der Waals surface area contributed by atoms with E-state index in [2.05, 4.69) is 4.98 Å². The largest absolute Gasteiger partial charge is 0.401 e. The van der Waals surface area contributed by atoms with Crippen LogP contribution in [0.15, 0.2) is 5.38 Å². The molecule has 2 N–H and O–H groups in total. The van der Waals surface area contributed by atoms with E-state index in [0.717, 1.165) is 5.01 Å². The van der Waals surface area contributed by atoms with Gasteiger partial charge in [-0.25, -0.2) is 4.98 Å². The number of nitrogens with two attached hydrogens (primary N) is 1. The molecule has 7 heteroatoms. The van der Waals surface area contributed by atoms with Crippen molar-refractivity contribution in [1.82, 2.24) is 9.88 Å². The summed E-state index contributed by atoms with van der Waals surface area (Å²) in [4.78, 5) is 5.61. The lowest BCUT2D eigenvalue weighted by molar-refractivity contribution is -0.147. The van der Waals surface area contributed by atoms with Gasteiger partial charge in [0.05, 0.1) is 18.3 Å². The number of alkyl halides is 3. The van der Waals surface area contributed by atoms with Crippen LogP contribution < -0.4 is 5.73 Å². The van der Waals surface area contributed by atoms with Crippen LogP contribution in [0.25, 0.3) is 0 Å². The monoisotopic (exact) mass is 281 g/mol. The molecule has 1 rings (SSSR count). The minimum absolute atomic E-state index is 0.175. The summed E-state index contributed by atoms with van der Waals surface area (Å²) in [6.45, 7) is 3.40. The first-order chi connectivity index (χ1) is 8.31. The summed E-state index contributed by atoms with van der Waals surface area (Å²) in [5.74, 6) is 0. The molecule has 1 aromatic rings. The standard InChI is InChI=1S/C11H18F3N3S/c1-3-4-17(7-11(12,13)14)5-9-6-18-10(16-9)8(2)15/h6,8H,3-5,7,15H2,1-2H3. The number of aromatic nitrogens is 1. The first-order valence-electron chi connectivity index (χ1n) is 5.80. The molecule has 1 unspecified atom stereocenters. The van der Waals surface area contributed by atoms with Gasteiger partial charge in [-0.15, -0.1) is 11.3 Å². The number of nitrogens with zero attached hydrogens (tertiary/aromatic N) is 2. The lowest BCUT2D eigenvalue weighted by Gasteiger charge is -2.21. The maximum atomic E-state index is 12.4. The van der Waals surface area contributed by atoms with Crippen molar-refractivity contribution in [2.75, 3.05) is 13.1 Å². The molecule has 0 spiro atoms. The van der Waals surface area contributed by atoms with Gasteiger partial charge in [0.1, 0.15) is 5.01 Å². The molecule has 0 saturated heterocycles. The quantitative estimate of drug-likeness (QED) is 0.871. The van der Waals surface area contributed by atoms with E-state index >= 15 is 0 Å². The van der Waals surface area contributed by atoms with Crippen molar-refractivity contribution in [2.45, 2.75) is 39.0 Å². The topological polar surface area (TPSA) is 42.1 Å². The highest BCUT2D eigenvalue weighted by molar-refractivity contribution is 7.09. The Hall–Kier alpha value is -0.660. The third kappa shape index (κ3) is 5.32. The molecule has 0 aromatic carbocycles. The second-order valence-corrected chi connectivity index (χ2v) is 5.18. The summed E-state index contributed by atoms with van der Waals surface area (Å²) in [5.41, 5.74) is 6.33. The predicted octanol–water partition coefficient (Wildman–Crippen LogP) is 2.94. The van der Waals surface area contributed by atoms with Crippen molar-refractivity contribution in [3.05, 3.63) is 16.1 Å². The van der Waals surface area contributed by atoms with Crippen LogP contribution >= 0.6 is 11.3 Å². The van der Waals surface area contributed by atoms with Crippen molar-refractivity contribution in [3.8, 4) is 0 Å². The van der Waals surface area contributed by atoms with Crippen LogP contribution in [0.4, 0.5) is 13.2 Å². The molecule has 0 saturated carbocycles. The van der Waals surface area contributed by atoms with Gasteiger partial charge in [0, 0.05) is 11.9 Å². The van der Waals surface area contributed by atoms with E-state index in [9.17, 15) is 13.2 Å². The minimum Gasteiger partial charge on any atom is -0.322 e. The maximum absolute atomic E-state index is 12.4. The SMILES string of the molecule is CCCN(Cc1csc(C(C)N)n1)CC(F)(F)F. The highest BCUT2D eigenvalue weighted by atomic mass is 32.1. The highest BCUT2D eigenvalue weighted by Crippen LogP contribution is 2.20. The third-order valence-corrected chi connectivity index (χ3v) is 3.38. The summed E-state index contributed by atoms with van der Waals surface area (Å²) in [6, 6.07) is -0.175.